The number of hydrogen-bond acceptors (Lipinski definition) is 6. The van der Waals surface area contributed by atoms with Gasteiger partial charge in [-0.1, -0.05) is 47.5 Å². The number of ether oxygens (including phenoxy) is 2. The number of benzene rings is 2. The van der Waals surface area contributed by atoms with Gasteiger partial charge in [0, 0.05) is 35.0 Å². The number of amides is 2. The SMILES string of the molecule is COC(=O)[C@@H]1C[C@@H](c2ccc(CCNC(=O)OC(C)(C)C)cc2)c2c(Cl)cc(Cl)cc2N1NC(C)=O. The van der Waals surface area contributed by atoms with Gasteiger partial charge in [-0.3, -0.25) is 15.2 Å². The van der Waals surface area contributed by atoms with Gasteiger partial charge in [0.2, 0.25) is 5.91 Å². The van der Waals surface area contributed by atoms with E-state index >= 15 is 0 Å². The zero-order valence-electron chi connectivity index (χ0n) is 21.0. The van der Waals surface area contributed by atoms with Crippen LogP contribution in [0.3, 0.4) is 0 Å². The molecule has 0 spiro atoms. The molecule has 194 valence electrons. The largest absolute Gasteiger partial charge is 0.467 e. The first-order valence-corrected chi connectivity index (χ1v) is 12.3. The Hall–Kier alpha value is -2.97. The van der Waals surface area contributed by atoms with Crippen molar-refractivity contribution in [3.05, 3.63) is 63.1 Å². The van der Waals surface area contributed by atoms with Gasteiger partial charge in [0.1, 0.15) is 11.6 Å². The van der Waals surface area contributed by atoms with Gasteiger partial charge < -0.3 is 14.8 Å². The van der Waals surface area contributed by atoms with Crippen LogP contribution in [0, 0.1) is 0 Å². The maximum Gasteiger partial charge on any atom is 0.407 e. The predicted molar refractivity (Wildman–Crippen MR) is 139 cm³/mol. The molecule has 0 radical (unpaired) electrons. The normalized spacial score (nSPS) is 17.1. The van der Waals surface area contributed by atoms with Crippen LogP contribution in [0.4, 0.5) is 10.5 Å². The standard InChI is InChI=1S/C26H31Cl2N3O5/c1-15(32)30-31-21-13-18(27)12-20(28)23(21)19(14-22(31)24(33)35-5)17-8-6-16(7-9-17)10-11-29-25(34)36-26(2,3)4/h6-9,12-13,19,22H,10-11,14H2,1-5H3,(H,29,34)(H,30,32)/t19-,22-/m0/s1. The first kappa shape index (κ1) is 27.6. The number of rotatable bonds is 6. The minimum Gasteiger partial charge on any atom is -0.467 e. The highest BCUT2D eigenvalue weighted by atomic mass is 35.5. The second-order valence-electron chi connectivity index (χ2n) is 9.61. The van der Waals surface area contributed by atoms with Crippen LogP contribution < -0.4 is 15.8 Å². The summed E-state index contributed by atoms with van der Waals surface area (Å²) in [5, 5.41) is 5.05. The third-order valence-electron chi connectivity index (χ3n) is 5.67. The summed E-state index contributed by atoms with van der Waals surface area (Å²) >= 11 is 12.9. The maximum atomic E-state index is 12.7. The van der Waals surface area contributed by atoms with Gasteiger partial charge >= 0.3 is 12.1 Å². The van der Waals surface area contributed by atoms with Crippen molar-refractivity contribution in [1.82, 2.24) is 10.7 Å². The summed E-state index contributed by atoms with van der Waals surface area (Å²) in [6.45, 7) is 7.24. The molecule has 0 bridgehead atoms. The molecular weight excluding hydrogens is 505 g/mol. The fourth-order valence-corrected chi connectivity index (χ4v) is 4.83. The van der Waals surface area contributed by atoms with Gasteiger partial charge in [-0.15, -0.1) is 0 Å². The van der Waals surface area contributed by atoms with E-state index in [0.29, 0.717) is 35.1 Å². The number of alkyl carbamates (subject to hydrolysis) is 1. The molecule has 2 N–H and O–H groups in total. The quantitative estimate of drug-likeness (QED) is 0.505. The second kappa shape index (κ2) is 11.4. The first-order chi connectivity index (χ1) is 16.9. The van der Waals surface area contributed by atoms with Crippen LogP contribution in [-0.2, 0) is 25.5 Å². The monoisotopic (exact) mass is 535 g/mol. The van der Waals surface area contributed by atoms with Gasteiger partial charge in [0.05, 0.1) is 12.8 Å². The molecule has 1 heterocycles. The van der Waals surface area contributed by atoms with E-state index in [2.05, 4.69) is 10.7 Å². The molecule has 0 saturated carbocycles. The van der Waals surface area contributed by atoms with E-state index in [-0.39, 0.29) is 11.8 Å². The lowest BCUT2D eigenvalue weighted by atomic mass is 9.81. The Bertz CT molecular complexity index is 1130. The lowest BCUT2D eigenvalue weighted by Crippen LogP contribution is -2.55. The van der Waals surface area contributed by atoms with Crippen LogP contribution >= 0.6 is 23.2 Å². The van der Waals surface area contributed by atoms with Crippen molar-refractivity contribution < 1.29 is 23.9 Å². The molecule has 36 heavy (non-hydrogen) atoms. The van der Waals surface area contributed by atoms with Crippen molar-refractivity contribution in [3.8, 4) is 0 Å². The van der Waals surface area contributed by atoms with Crippen LogP contribution in [0.2, 0.25) is 10.0 Å². The van der Waals surface area contributed by atoms with Gasteiger partial charge in [-0.25, -0.2) is 9.59 Å². The molecule has 0 unspecified atom stereocenters. The molecule has 0 saturated heterocycles. The van der Waals surface area contributed by atoms with Crippen molar-refractivity contribution in [3.63, 3.8) is 0 Å². The average Bonchev–Trinajstić information content (AvgIpc) is 2.77. The molecule has 0 aliphatic carbocycles. The molecule has 0 fully saturated rings. The molecule has 0 aromatic heterocycles. The van der Waals surface area contributed by atoms with Crippen molar-refractivity contribution >= 4 is 46.9 Å². The highest BCUT2D eigenvalue weighted by Crippen LogP contribution is 2.46. The third kappa shape index (κ3) is 6.83. The molecule has 2 aromatic carbocycles. The van der Waals surface area contributed by atoms with Gasteiger partial charge in [0.25, 0.3) is 0 Å². The number of anilines is 1. The van der Waals surface area contributed by atoms with Crippen LogP contribution in [0.15, 0.2) is 36.4 Å². The topological polar surface area (TPSA) is 97.0 Å². The molecule has 2 amide bonds. The lowest BCUT2D eigenvalue weighted by Gasteiger charge is -2.41. The Morgan fingerprint density at radius 3 is 2.36 bits per heavy atom. The minimum absolute atomic E-state index is 0.243. The molecule has 10 heteroatoms. The van der Waals surface area contributed by atoms with E-state index in [1.54, 1.807) is 12.1 Å². The van der Waals surface area contributed by atoms with E-state index < -0.39 is 23.7 Å². The Morgan fingerprint density at radius 1 is 1.11 bits per heavy atom. The Labute approximate surface area is 221 Å². The molecule has 1 aliphatic rings. The van der Waals surface area contributed by atoms with Crippen LogP contribution in [0.5, 0.6) is 0 Å². The summed E-state index contributed by atoms with van der Waals surface area (Å²) in [5.74, 6) is -1.07. The molecule has 8 nitrogen and oxygen atoms in total. The zero-order valence-corrected chi connectivity index (χ0v) is 22.5. The number of hydrogen-bond donors (Lipinski definition) is 2. The van der Waals surface area contributed by atoms with Crippen molar-refractivity contribution in [1.29, 1.82) is 0 Å². The number of carbonyl (C=O) groups excluding carboxylic acids is 3. The number of esters is 1. The first-order valence-electron chi connectivity index (χ1n) is 11.6. The number of methoxy groups -OCH3 is 1. The zero-order chi connectivity index (χ0) is 26.6. The van der Waals surface area contributed by atoms with Crippen molar-refractivity contribution in [2.45, 2.75) is 58.1 Å². The summed E-state index contributed by atoms with van der Waals surface area (Å²) in [7, 11) is 1.31. The number of halogens is 2. The molecule has 1 aliphatic heterocycles. The minimum atomic E-state index is -0.774. The summed E-state index contributed by atoms with van der Waals surface area (Å²) in [6.07, 6.45) is 0.503. The molecule has 3 rings (SSSR count). The number of nitrogens with zero attached hydrogens (tertiary/aromatic N) is 1. The maximum absolute atomic E-state index is 12.7. The summed E-state index contributed by atoms with van der Waals surface area (Å²) < 4.78 is 10.3. The van der Waals surface area contributed by atoms with Crippen molar-refractivity contribution in [2.75, 3.05) is 18.7 Å². The molecule has 2 aromatic rings. The van der Waals surface area contributed by atoms with Crippen LogP contribution in [0.25, 0.3) is 0 Å². The molecular formula is C26H31Cl2N3O5. The smallest absolute Gasteiger partial charge is 0.407 e. The fraction of sp³-hybridized carbons (Fsp3) is 0.423. The number of hydrazine groups is 1. The average molecular weight is 536 g/mol. The Kier molecular flexibility index (Phi) is 8.74. The van der Waals surface area contributed by atoms with E-state index in [4.69, 9.17) is 32.7 Å². The van der Waals surface area contributed by atoms with E-state index in [0.717, 1.165) is 16.7 Å². The fourth-order valence-electron chi connectivity index (χ4n) is 4.22. The van der Waals surface area contributed by atoms with E-state index in [1.807, 2.05) is 45.0 Å². The number of fused-ring (bicyclic) bond motifs is 1. The number of carbonyl (C=O) groups is 3. The van der Waals surface area contributed by atoms with Gasteiger partial charge in [0.15, 0.2) is 0 Å². The number of nitrogens with one attached hydrogen (secondary N) is 2. The summed E-state index contributed by atoms with van der Waals surface area (Å²) in [5.41, 5.74) is 5.44. The predicted octanol–water partition coefficient (Wildman–Crippen LogP) is 5.00. The van der Waals surface area contributed by atoms with E-state index in [1.165, 1.54) is 19.0 Å². The van der Waals surface area contributed by atoms with E-state index in [9.17, 15) is 14.4 Å². The summed E-state index contributed by atoms with van der Waals surface area (Å²) in [6, 6.07) is 10.5. The van der Waals surface area contributed by atoms with Gasteiger partial charge in [-0.2, -0.15) is 0 Å². The van der Waals surface area contributed by atoms with Crippen molar-refractivity contribution in [2.24, 2.45) is 0 Å². The highest BCUT2D eigenvalue weighted by molar-refractivity contribution is 6.35. The highest BCUT2D eigenvalue weighted by Gasteiger charge is 2.40. The second-order valence-corrected chi connectivity index (χ2v) is 10.4. The summed E-state index contributed by atoms with van der Waals surface area (Å²) in [4.78, 5) is 36.5. The van der Waals surface area contributed by atoms with Crippen LogP contribution in [0.1, 0.15) is 56.7 Å². The Morgan fingerprint density at radius 2 is 1.78 bits per heavy atom. The molecule has 2 atom stereocenters. The van der Waals surface area contributed by atoms with Gasteiger partial charge in [-0.05, 0) is 56.9 Å². The lowest BCUT2D eigenvalue weighted by molar-refractivity contribution is -0.142. The third-order valence-corrected chi connectivity index (χ3v) is 6.20. The van der Waals surface area contributed by atoms with Crippen LogP contribution in [-0.4, -0.2) is 43.3 Å². The Balaban J connectivity index is 1.86.